The average Bonchev–Trinajstić information content (AvgIpc) is 2.18. The first-order valence-corrected chi connectivity index (χ1v) is 4.65. The van der Waals surface area contributed by atoms with E-state index in [0.29, 0.717) is 0 Å². The van der Waals surface area contributed by atoms with Crippen molar-refractivity contribution in [2.75, 3.05) is 0 Å². The van der Waals surface area contributed by atoms with Crippen molar-refractivity contribution in [3.05, 3.63) is 23.8 Å². The molecule has 1 atom stereocenters. The molecule has 0 aliphatic carbocycles. The van der Waals surface area contributed by atoms with E-state index < -0.39 is 29.7 Å². The van der Waals surface area contributed by atoms with Crippen LogP contribution in [0.2, 0.25) is 0 Å². The summed E-state index contributed by atoms with van der Waals surface area (Å²) in [5.41, 5.74) is -0.512. The van der Waals surface area contributed by atoms with E-state index in [2.05, 4.69) is 17.4 Å². The molecule has 1 unspecified atom stereocenters. The van der Waals surface area contributed by atoms with Crippen molar-refractivity contribution in [2.24, 2.45) is 0 Å². The first-order chi connectivity index (χ1) is 7.72. The van der Waals surface area contributed by atoms with Crippen LogP contribution in [0.25, 0.3) is 0 Å². The Morgan fingerprint density at radius 2 is 2.00 bits per heavy atom. The number of rotatable bonds is 3. The SMILES string of the molecule is O=C(O)C(O)c1cccc(S)c1OC(F)(F)F. The van der Waals surface area contributed by atoms with Crippen LogP contribution in [0.3, 0.4) is 0 Å². The lowest BCUT2D eigenvalue weighted by molar-refractivity contribution is -0.276. The van der Waals surface area contributed by atoms with Crippen molar-refractivity contribution in [1.82, 2.24) is 0 Å². The van der Waals surface area contributed by atoms with Gasteiger partial charge in [0.05, 0.1) is 0 Å². The first kappa shape index (κ1) is 13.7. The second kappa shape index (κ2) is 4.84. The van der Waals surface area contributed by atoms with Crippen molar-refractivity contribution in [3.8, 4) is 5.75 Å². The summed E-state index contributed by atoms with van der Waals surface area (Å²) in [7, 11) is 0. The van der Waals surface area contributed by atoms with Gasteiger partial charge in [0.1, 0.15) is 5.75 Å². The predicted octanol–water partition coefficient (Wildman–Crippen LogP) is 1.99. The number of carbonyl (C=O) groups is 1. The molecule has 0 heterocycles. The van der Waals surface area contributed by atoms with Crippen molar-refractivity contribution in [3.63, 3.8) is 0 Å². The third-order valence-electron chi connectivity index (χ3n) is 1.77. The molecular weight excluding hydrogens is 261 g/mol. The molecule has 94 valence electrons. The number of aliphatic hydroxyl groups is 1. The van der Waals surface area contributed by atoms with Gasteiger partial charge in [-0.25, -0.2) is 4.79 Å². The number of hydrogen-bond donors (Lipinski definition) is 3. The molecule has 0 radical (unpaired) electrons. The fourth-order valence-corrected chi connectivity index (χ4v) is 1.38. The smallest absolute Gasteiger partial charge is 0.479 e. The minimum absolute atomic E-state index is 0.222. The van der Waals surface area contributed by atoms with E-state index in [0.717, 1.165) is 6.07 Å². The second-order valence-electron chi connectivity index (χ2n) is 2.98. The molecule has 0 aliphatic rings. The molecule has 0 bridgehead atoms. The number of aliphatic carboxylic acids is 1. The van der Waals surface area contributed by atoms with Gasteiger partial charge in [0.15, 0.2) is 6.10 Å². The molecule has 0 spiro atoms. The monoisotopic (exact) mass is 268 g/mol. The normalized spacial score (nSPS) is 13.2. The summed E-state index contributed by atoms with van der Waals surface area (Å²) >= 11 is 3.71. The van der Waals surface area contributed by atoms with E-state index in [4.69, 9.17) is 5.11 Å². The Hall–Kier alpha value is -1.41. The molecule has 0 saturated carbocycles. The van der Waals surface area contributed by atoms with Crippen molar-refractivity contribution in [2.45, 2.75) is 17.4 Å². The van der Waals surface area contributed by atoms with Gasteiger partial charge in [0, 0.05) is 10.5 Å². The van der Waals surface area contributed by atoms with Crippen LogP contribution in [-0.4, -0.2) is 22.5 Å². The molecule has 2 N–H and O–H groups in total. The highest BCUT2D eigenvalue weighted by Gasteiger charge is 2.34. The Labute approximate surface area is 99.0 Å². The molecule has 0 aliphatic heterocycles. The molecule has 0 aromatic heterocycles. The maximum Gasteiger partial charge on any atom is 0.573 e. The minimum atomic E-state index is -4.99. The Balaban J connectivity index is 3.22. The van der Waals surface area contributed by atoms with E-state index in [1.165, 1.54) is 12.1 Å². The summed E-state index contributed by atoms with van der Waals surface area (Å²) in [4.78, 5) is 10.3. The third-order valence-corrected chi connectivity index (χ3v) is 2.12. The fraction of sp³-hybridized carbons (Fsp3) is 0.222. The summed E-state index contributed by atoms with van der Waals surface area (Å²) < 4.78 is 39.9. The van der Waals surface area contributed by atoms with Crippen molar-refractivity contribution < 1.29 is 32.9 Å². The zero-order chi connectivity index (χ0) is 13.2. The number of hydrogen-bond acceptors (Lipinski definition) is 4. The number of ether oxygens (including phenoxy) is 1. The van der Waals surface area contributed by atoms with Crippen LogP contribution in [0.5, 0.6) is 5.75 Å². The van der Waals surface area contributed by atoms with Crippen molar-refractivity contribution >= 4 is 18.6 Å². The van der Waals surface area contributed by atoms with Crippen LogP contribution in [0.15, 0.2) is 23.1 Å². The van der Waals surface area contributed by atoms with E-state index in [9.17, 15) is 23.1 Å². The Bertz CT molecular complexity index is 433. The number of carboxylic acid groups (broad SMARTS) is 1. The zero-order valence-electron chi connectivity index (χ0n) is 8.10. The summed E-state index contributed by atoms with van der Waals surface area (Å²) in [6.07, 6.45) is -7.11. The van der Waals surface area contributed by atoms with E-state index in [1.807, 2.05) is 0 Å². The Morgan fingerprint density at radius 1 is 1.41 bits per heavy atom. The summed E-state index contributed by atoms with van der Waals surface area (Å²) in [5, 5.41) is 17.8. The average molecular weight is 268 g/mol. The first-order valence-electron chi connectivity index (χ1n) is 4.21. The molecular formula is C9H7F3O4S. The molecule has 8 heteroatoms. The number of aliphatic hydroxyl groups excluding tert-OH is 1. The van der Waals surface area contributed by atoms with Crippen LogP contribution in [0, 0.1) is 0 Å². The molecule has 0 amide bonds. The summed E-state index contributed by atoms with van der Waals surface area (Å²) in [5.74, 6) is -2.51. The number of alkyl halides is 3. The van der Waals surface area contributed by atoms with Crippen molar-refractivity contribution in [1.29, 1.82) is 0 Å². The van der Waals surface area contributed by atoms with Crippen LogP contribution < -0.4 is 4.74 Å². The number of para-hydroxylation sites is 1. The highest BCUT2D eigenvalue weighted by atomic mass is 32.1. The van der Waals surface area contributed by atoms with Gasteiger partial charge in [-0.15, -0.1) is 25.8 Å². The Morgan fingerprint density at radius 3 is 2.47 bits per heavy atom. The Kier molecular flexibility index (Phi) is 3.89. The molecule has 0 fully saturated rings. The third kappa shape index (κ3) is 3.53. The van der Waals surface area contributed by atoms with Gasteiger partial charge in [-0.2, -0.15) is 0 Å². The van der Waals surface area contributed by atoms with E-state index in [1.54, 1.807) is 0 Å². The number of carboxylic acids is 1. The zero-order valence-corrected chi connectivity index (χ0v) is 9.00. The number of benzene rings is 1. The predicted molar refractivity (Wildman–Crippen MR) is 53.0 cm³/mol. The second-order valence-corrected chi connectivity index (χ2v) is 3.47. The summed E-state index contributed by atoms with van der Waals surface area (Å²) in [6, 6.07) is 3.45. The van der Waals surface area contributed by atoms with Gasteiger partial charge in [0.25, 0.3) is 0 Å². The van der Waals surface area contributed by atoms with E-state index in [-0.39, 0.29) is 4.90 Å². The van der Waals surface area contributed by atoms with Crippen LogP contribution >= 0.6 is 12.6 Å². The fourth-order valence-electron chi connectivity index (χ4n) is 1.12. The van der Waals surface area contributed by atoms with Gasteiger partial charge in [0.2, 0.25) is 0 Å². The maximum absolute atomic E-state index is 12.1. The molecule has 4 nitrogen and oxygen atoms in total. The molecule has 1 aromatic carbocycles. The van der Waals surface area contributed by atoms with Gasteiger partial charge in [-0.05, 0) is 6.07 Å². The molecule has 0 saturated heterocycles. The van der Waals surface area contributed by atoms with Gasteiger partial charge >= 0.3 is 12.3 Å². The summed E-state index contributed by atoms with van der Waals surface area (Å²) in [6.45, 7) is 0. The lowest BCUT2D eigenvalue weighted by atomic mass is 10.1. The van der Waals surface area contributed by atoms with Gasteiger partial charge in [-0.1, -0.05) is 12.1 Å². The molecule has 17 heavy (non-hydrogen) atoms. The molecule has 1 rings (SSSR count). The van der Waals surface area contributed by atoms with Gasteiger partial charge in [-0.3, -0.25) is 0 Å². The quantitative estimate of drug-likeness (QED) is 0.733. The topological polar surface area (TPSA) is 66.8 Å². The molecule has 1 aromatic rings. The largest absolute Gasteiger partial charge is 0.573 e. The number of halogens is 3. The van der Waals surface area contributed by atoms with Crippen LogP contribution in [0.1, 0.15) is 11.7 Å². The lowest BCUT2D eigenvalue weighted by Crippen LogP contribution is -2.20. The van der Waals surface area contributed by atoms with Gasteiger partial charge < -0.3 is 14.9 Å². The highest BCUT2D eigenvalue weighted by molar-refractivity contribution is 7.80. The van der Waals surface area contributed by atoms with Crippen LogP contribution in [-0.2, 0) is 4.79 Å². The standard InChI is InChI=1S/C9H7F3O4S/c10-9(11,12)16-7-4(6(13)8(14)15)2-1-3-5(7)17/h1-3,6,13,17H,(H,14,15). The highest BCUT2D eigenvalue weighted by Crippen LogP contribution is 2.35. The lowest BCUT2D eigenvalue weighted by Gasteiger charge is -2.16. The minimum Gasteiger partial charge on any atom is -0.479 e. The van der Waals surface area contributed by atoms with E-state index >= 15 is 0 Å². The van der Waals surface area contributed by atoms with Crippen LogP contribution in [0.4, 0.5) is 13.2 Å². The maximum atomic E-state index is 12.1. The number of thiol groups is 1.